The number of carboxylic acids is 5. The molecule has 0 fully saturated rings. The lowest BCUT2D eigenvalue weighted by Gasteiger charge is -2.05. The number of nitro benzene ring substituents is 4. The Morgan fingerprint density at radius 3 is 0.933 bits per heavy atom. The highest BCUT2D eigenvalue weighted by molar-refractivity contribution is 8.76. The molecule has 5 N–H and O–H groups in total. The summed E-state index contributed by atoms with van der Waals surface area (Å²) in [6.07, 6.45) is 8.65. The first kappa shape index (κ1) is 58.9. The SMILES string of the molecule is O=C(O)c1cc(Sc2ccc([N+](=O)[O-])c(C(=O)O)c2)ccc1[N+](=O)[O-].O=C(O)c1cc(Sc2ccc([N+](=O)[O-])c(C(=O)O)c2)ccc1[N+](=O)[O-].O=C(O)c1ccnc(SS)c1.c1cc(SSc2ccncc2)ccn1. The molecule has 31 heteroatoms. The number of nitrogens with zero attached hydrogens (tertiary/aromatic N) is 7. The number of nitro groups is 4. The maximum Gasteiger partial charge on any atom is 0.342 e. The maximum atomic E-state index is 11.1. The third kappa shape index (κ3) is 18.1. The molecular formula is C44H29N7O18S6. The minimum absolute atomic E-state index is 0.233. The van der Waals surface area contributed by atoms with Crippen molar-refractivity contribution in [2.24, 2.45) is 0 Å². The van der Waals surface area contributed by atoms with Crippen molar-refractivity contribution < 1.29 is 69.2 Å². The first-order chi connectivity index (χ1) is 35.6. The van der Waals surface area contributed by atoms with E-state index in [4.69, 9.17) is 25.5 Å². The normalized spacial score (nSPS) is 10.1. The summed E-state index contributed by atoms with van der Waals surface area (Å²) >= 11 is 5.73. The van der Waals surface area contributed by atoms with Crippen LogP contribution in [0, 0.1) is 40.5 Å². The Hall–Kier alpha value is -8.62. The fraction of sp³-hybridized carbons (Fsp3) is 0. The molecule has 0 amide bonds. The quantitative estimate of drug-likeness (QED) is 0.0213. The number of aromatic nitrogens is 3. The predicted octanol–water partition coefficient (Wildman–Crippen LogP) is 11.1. The van der Waals surface area contributed by atoms with Crippen LogP contribution in [0.4, 0.5) is 22.7 Å². The Morgan fingerprint density at radius 2 is 0.693 bits per heavy atom. The molecule has 7 aromatic rings. The Bertz CT molecular complexity index is 2970. The van der Waals surface area contributed by atoms with Crippen LogP contribution in [0.15, 0.2) is 175 Å². The number of carbonyl (C=O) groups is 5. The molecule has 0 radical (unpaired) electrons. The maximum absolute atomic E-state index is 11.1. The van der Waals surface area contributed by atoms with E-state index in [1.165, 1.54) is 52.4 Å². The monoisotopic (exact) mass is 1130 g/mol. The van der Waals surface area contributed by atoms with Crippen molar-refractivity contribution >= 4 is 120 Å². The van der Waals surface area contributed by atoms with Gasteiger partial charge in [0.15, 0.2) is 0 Å². The first-order valence-corrected chi connectivity index (χ1v) is 25.3. The van der Waals surface area contributed by atoms with Crippen molar-refractivity contribution in [1.82, 2.24) is 15.0 Å². The fourth-order valence-electron chi connectivity index (χ4n) is 5.38. The lowest BCUT2D eigenvalue weighted by atomic mass is 10.2. The van der Waals surface area contributed by atoms with E-state index in [0.717, 1.165) is 82.8 Å². The zero-order valence-corrected chi connectivity index (χ0v) is 41.9. The standard InChI is InChI=1S/2C14H8N2O8S.C10H8N2S2.C6H5NO2S2/c2*17-13(18)9-5-7(1-3-11(9)15(21)22)25-8-2-4-12(16(23)24)10(6-8)14(19)20;1-5-11-6-2-9(1)13-14-10-3-7-12-8-4-10;8-6(9)4-1-2-7-5(3-4)11-10/h2*1-6H,(H,17,18)(H,19,20);1-8H;1-3,10H,(H,8,9). The highest BCUT2D eigenvalue weighted by Crippen LogP contribution is 2.37. The van der Waals surface area contributed by atoms with E-state index >= 15 is 0 Å². The van der Waals surface area contributed by atoms with Gasteiger partial charge in [0, 0.05) is 84.6 Å². The van der Waals surface area contributed by atoms with Crippen LogP contribution in [0.2, 0.25) is 0 Å². The molecule has 4 aromatic carbocycles. The lowest BCUT2D eigenvalue weighted by molar-refractivity contribution is -0.385. The van der Waals surface area contributed by atoms with Gasteiger partial charge in [-0.15, -0.1) is 11.7 Å². The molecule has 0 aliphatic rings. The number of benzene rings is 4. The molecule has 0 atom stereocenters. The summed E-state index contributed by atoms with van der Waals surface area (Å²) in [5.74, 6) is -6.88. The molecule has 0 bridgehead atoms. The second-order valence-electron chi connectivity index (χ2n) is 13.5. The van der Waals surface area contributed by atoms with Crippen molar-refractivity contribution in [2.75, 3.05) is 0 Å². The van der Waals surface area contributed by atoms with Gasteiger partial charge in [0.2, 0.25) is 0 Å². The third-order valence-corrected chi connectivity index (χ3v) is 14.0. The van der Waals surface area contributed by atoms with Gasteiger partial charge in [-0.3, -0.25) is 50.4 Å². The molecular weight excluding hydrogens is 1110 g/mol. The average molecular weight is 1140 g/mol. The van der Waals surface area contributed by atoms with E-state index in [1.807, 2.05) is 24.3 Å². The second-order valence-corrected chi connectivity index (χ2v) is 19.2. The van der Waals surface area contributed by atoms with Crippen LogP contribution in [0.25, 0.3) is 0 Å². The smallest absolute Gasteiger partial charge is 0.342 e. The number of pyridine rings is 3. The van der Waals surface area contributed by atoms with Gasteiger partial charge in [-0.2, -0.15) is 0 Å². The molecule has 0 unspecified atom stereocenters. The van der Waals surface area contributed by atoms with Crippen molar-refractivity contribution in [3.63, 3.8) is 0 Å². The van der Waals surface area contributed by atoms with Crippen LogP contribution in [0.1, 0.15) is 51.8 Å². The number of carboxylic acid groups (broad SMARTS) is 5. The van der Waals surface area contributed by atoms with E-state index < -0.39 is 94.5 Å². The molecule has 25 nitrogen and oxygen atoms in total. The highest BCUT2D eigenvalue weighted by Gasteiger charge is 2.24. The molecule has 0 spiro atoms. The van der Waals surface area contributed by atoms with E-state index in [9.17, 15) is 64.4 Å². The minimum atomic E-state index is -1.48. The van der Waals surface area contributed by atoms with Gasteiger partial charge >= 0.3 is 29.8 Å². The van der Waals surface area contributed by atoms with Crippen molar-refractivity contribution in [2.45, 2.75) is 34.4 Å². The van der Waals surface area contributed by atoms with Gasteiger partial charge in [0.25, 0.3) is 22.7 Å². The first-order valence-electron chi connectivity index (χ1n) is 19.7. The van der Waals surface area contributed by atoms with Crippen LogP contribution in [-0.4, -0.2) is 90.0 Å². The van der Waals surface area contributed by atoms with Crippen LogP contribution in [0.3, 0.4) is 0 Å². The van der Waals surface area contributed by atoms with Gasteiger partial charge in [-0.05, 0) is 95.7 Å². The minimum Gasteiger partial charge on any atom is -0.478 e. The summed E-state index contributed by atoms with van der Waals surface area (Å²) in [7, 11) is 4.57. The summed E-state index contributed by atoms with van der Waals surface area (Å²) in [6, 6.07) is 24.5. The van der Waals surface area contributed by atoms with Gasteiger partial charge in [0.05, 0.1) is 25.3 Å². The van der Waals surface area contributed by atoms with Crippen LogP contribution >= 0.6 is 67.6 Å². The number of thiol groups is 1. The second kappa shape index (κ2) is 28.6. The van der Waals surface area contributed by atoms with E-state index in [-0.39, 0.29) is 5.56 Å². The Kier molecular flexibility index (Phi) is 22.5. The van der Waals surface area contributed by atoms with Gasteiger partial charge < -0.3 is 25.5 Å². The number of aromatic carboxylic acids is 5. The Balaban J connectivity index is 0.000000227. The van der Waals surface area contributed by atoms with Crippen molar-refractivity contribution in [1.29, 1.82) is 0 Å². The summed E-state index contributed by atoms with van der Waals surface area (Å²) in [5, 5.41) is 88.6. The largest absolute Gasteiger partial charge is 0.478 e. The molecule has 75 heavy (non-hydrogen) atoms. The molecule has 0 saturated carbocycles. The summed E-state index contributed by atoms with van der Waals surface area (Å²) < 4.78 is 0. The molecule has 3 aromatic heterocycles. The molecule has 0 saturated heterocycles. The summed E-state index contributed by atoms with van der Waals surface area (Å²) in [5.41, 5.74) is -4.15. The van der Waals surface area contributed by atoms with E-state index in [1.54, 1.807) is 46.4 Å². The lowest BCUT2D eigenvalue weighted by Crippen LogP contribution is -2.03. The zero-order valence-electron chi connectivity index (χ0n) is 36.9. The van der Waals surface area contributed by atoms with Crippen LogP contribution in [0.5, 0.6) is 0 Å². The van der Waals surface area contributed by atoms with Crippen LogP contribution in [-0.2, 0) is 0 Å². The summed E-state index contributed by atoms with van der Waals surface area (Å²) in [6.45, 7) is 0. The van der Waals surface area contributed by atoms with E-state index in [2.05, 4.69) is 26.6 Å². The number of hydrogen-bond donors (Lipinski definition) is 6. The molecule has 3 heterocycles. The van der Waals surface area contributed by atoms with Gasteiger partial charge in [-0.25, -0.2) is 29.0 Å². The van der Waals surface area contributed by atoms with Gasteiger partial charge in [0.1, 0.15) is 27.3 Å². The van der Waals surface area contributed by atoms with Crippen LogP contribution < -0.4 is 0 Å². The fourth-order valence-corrected chi connectivity index (χ4v) is 9.67. The topological polar surface area (TPSA) is 398 Å². The van der Waals surface area contributed by atoms with E-state index in [0.29, 0.717) is 24.6 Å². The highest BCUT2D eigenvalue weighted by atomic mass is 33.1. The molecule has 384 valence electrons. The molecule has 7 rings (SSSR count). The number of rotatable bonds is 17. The predicted molar refractivity (Wildman–Crippen MR) is 275 cm³/mol. The Labute approximate surface area is 444 Å². The van der Waals surface area contributed by atoms with Gasteiger partial charge in [-0.1, -0.05) is 45.1 Å². The molecule has 0 aliphatic carbocycles. The molecule has 0 aliphatic heterocycles. The Morgan fingerprint density at radius 1 is 0.400 bits per heavy atom. The zero-order chi connectivity index (χ0) is 55.4. The van der Waals surface area contributed by atoms with Crippen molar-refractivity contribution in [3.05, 3.63) is 208 Å². The average Bonchev–Trinajstić information content (AvgIpc) is 3.38. The third-order valence-electron chi connectivity index (χ3n) is 8.66. The van der Waals surface area contributed by atoms with Crippen molar-refractivity contribution in [3.8, 4) is 0 Å². The summed E-state index contributed by atoms with van der Waals surface area (Å²) in [4.78, 5) is 110. The number of hydrogen-bond acceptors (Lipinski definition) is 22.